The van der Waals surface area contributed by atoms with E-state index in [0.717, 1.165) is 12.8 Å². The molecule has 4 rings (SSSR count). The van der Waals surface area contributed by atoms with Gasteiger partial charge in [-0.2, -0.15) is 0 Å². The van der Waals surface area contributed by atoms with Crippen LogP contribution in [0, 0.1) is 0 Å². The number of fused-ring (bicyclic) bond motifs is 3. The van der Waals surface area contributed by atoms with Gasteiger partial charge in [0.25, 0.3) is 5.91 Å². The highest BCUT2D eigenvalue weighted by Crippen LogP contribution is 2.37. The molecule has 2 aliphatic heterocycles. The average Bonchev–Trinajstić information content (AvgIpc) is 2.89. The molecule has 3 aliphatic rings. The number of hydrogen-bond donors (Lipinski definition) is 0. The van der Waals surface area contributed by atoms with Gasteiger partial charge in [0.2, 0.25) is 0 Å². The molecule has 3 atom stereocenters. The van der Waals surface area contributed by atoms with Crippen molar-refractivity contribution >= 4 is 5.91 Å². The number of para-hydroxylation sites is 1. The SMILES string of the molecule is CO[C@@H]1[C@H]2CC[C@H]1OCCN2C(=O)c1cccc2c1OCCO2. The van der Waals surface area contributed by atoms with Gasteiger partial charge in [-0.05, 0) is 25.0 Å². The molecule has 0 unspecified atom stereocenters. The van der Waals surface area contributed by atoms with Crippen LogP contribution >= 0.6 is 0 Å². The van der Waals surface area contributed by atoms with E-state index in [-0.39, 0.29) is 24.2 Å². The lowest BCUT2D eigenvalue weighted by atomic mass is 10.1. The zero-order chi connectivity index (χ0) is 15.8. The van der Waals surface area contributed by atoms with E-state index in [2.05, 4.69) is 0 Å². The van der Waals surface area contributed by atoms with E-state index in [9.17, 15) is 4.79 Å². The van der Waals surface area contributed by atoms with E-state index in [1.165, 1.54) is 0 Å². The summed E-state index contributed by atoms with van der Waals surface area (Å²) in [7, 11) is 1.69. The molecular formula is C17H21NO5. The third kappa shape index (κ3) is 2.46. The zero-order valence-electron chi connectivity index (χ0n) is 13.2. The molecule has 1 aliphatic carbocycles. The van der Waals surface area contributed by atoms with Crippen molar-refractivity contribution in [2.24, 2.45) is 0 Å². The Morgan fingerprint density at radius 3 is 2.96 bits per heavy atom. The third-order valence-corrected chi connectivity index (χ3v) is 4.89. The molecule has 0 aromatic heterocycles. The molecule has 6 nitrogen and oxygen atoms in total. The lowest BCUT2D eigenvalue weighted by molar-refractivity contribution is -0.0316. The first-order valence-electron chi connectivity index (χ1n) is 8.13. The van der Waals surface area contributed by atoms with Crippen LogP contribution in [0.4, 0.5) is 0 Å². The summed E-state index contributed by atoms with van der Waals surface area (Å²) in [6.07, 6.45) is 1.87. The van der Waals surface area contributed by atoms with Crippen molar-refractivity contribution < 1.29 is 23.7 Å². The second kappa shape index (κ2) is 6.02. The number of methoxy groups -OCH3 is 1. The Labute approximate surface area is 135 Å². The number of carbonyl (C=O) groups is 1. The van der Waals surface area contributed by atoms with Crippen molar-refractivity contribution in [1.29, 1.82) is 0 Å². The highest BCUT2D eigenvalue weighted by atomic mass is 16.6. The highest BCUT2D eigenvalue weighted by Gasteiger charge is 2.44. The average molecular weight is 319 g/mol. The molecule has 6 heteroatoms. The van der Waals surface area contributed by atoms with Gasteiger partial charge in [-0.25, -0.2) is 0 Å². The topological polar surface area (TPSA) is 57.2 Å². The number of rotatable bonds is 2. The predicted octanol–water partition coefficient (Wildman–Crippen LogP) is 1.48. The molecule has 23 heavy (non-hydrogen) atoms. The number of hydrogen-bond acceptors (Lipinski definition) is 5. The van der Waals surface area contributed by atoms with Crippen molar-refractivity contribution in [3.8, 4) is 11.5 Å². The van der Waals surface area contributed by atoms with Crippen molar-refractivity contribution in [2.45, 2.75) is 31.1 Å². The summed E-state index contributed by atoms with van der Waals surface area (Å²) in [5.41, 5.74) is 0.558. The van der Waals surface area contributed by atoms with Crippen LogP contribution in [0.15, 0.2) is 18.2 Å². The van der Waals surface area contributed by atoms with Gasteiger partial charge in [-0.15, -0.1) is 0 Å². The summed E-state index contributed by atoms with van der Waals surface area (Å²) < 4.78 is 22.7. The summed E-state index contributed by atoms with van der Waals surface area (Å²) in [4.78, 5) is 15.0. The summed E-state index contributed by atoms with van der Waals surface area (Å²) >= 11 is 0. The van der Waals surface area contributed by atoms with Crippen LogP contribution < -0.4 is 9.47 Å². The van der Waals surface area contributed by atoms with E-state index in [1.807, 2.05) is 17.0 Å². The van der Waals surface area contributed by atoms with E-state index in [1.54, 1.807) is 13.2 Å². The second-order valence-electron chi connectivity index (χ2n) is 6.08. The summed E-state index contributed by atoms with van der Waals surface area (Å²) in [6.45, 7) is 2.09. The van der Waals surface area contributed by atoms with E-state index >= 15 is 0 Å². The first kappa shape index (κ1) is 14.8. The number of ether oxygens (including phenoxy) is 4. The Balaban J connectivity index is 1.66. The Hall–Kier alpha value is -1.79. The number of carbonyl (C=O) groups excluding carboxylic acids is 1. The Morgan fingerprint density at radius 2 is 2.09 bits per heavy atom. The molecule has 124 valence electrons. The molecule has 1 aromatic rings. The molecule has 1 amide bonds. The van der Waals surface area contributed by atoms with Crippen LogP contribution in [0.2, 0.25) is 0 Å². The standard InChI is InChI=1S/C17H21NO5/c1-20-16-12-5-6-14(16)21-8-7-18(12)17(19)11-3-2-4-13-15(11)23-10-9-22-13/h2-4,12,14,16H,5-10H2,1H3/t12-,14-,16-/m1/s1. The first-order chi connectivity index (χ1) is 11.3. The molecule has 1 aromatic carbocycles. The molecular weight excluding hydrogens is 298 g/mol. The predicted molar refractivity (Wildman–Crippen MR) is 82.0 cm³/mol. The van der Waals surface area contributed by atoms with Gasteiger partial charge in [0, 0.05) is 13.7 Å². The number of nitrogens with zero attached hydrogens (tertiary/aromatic N) is 1. The summed E-state index contributed by atoms with van der Waals surface area (Å²) in [5.74, 6) is 1.16. The number of benzene rings is 1. The van der Waals surface area contributed by atoms with Crippen LogP contribution in [-0.2, 0) is 9.47 Å². The van der Waals surface area contributed by atoms with Gasteiger partial charge >= 0.3 is 0 Å². The fraction of sp³-hybridized carbons (Fsp3) is 0.588. The number of amides is 1. The minimum Gasteiger partial charge on any atom is -0.486 e. The van der Waals surface area contributed by atoms with Crippen molar-refractivity contribution in [2.75, 3.05) is 33.5 Å². The lowest BCUT2D eigenvalue weighted by Crippen LogP contribution is -2.46. The smallest absolute Gasteiger partial charge is 0.258 e. The lowest BCUT2D eigenvalue weighted by Gasteiger charge is -2.31. The molecule has 2 heterocycles. The van der Waals surface area contributed by atoms with Crippen molar-refractivity contribution in [1.82, 2.24) is 4.90 Å². The molecule has 2 fully saturated rings. The van der Waals surface area contributed by atoms with Gasteiger partial charge in [-0.3, -0.25) is 4.79 Å². The molecule has 0 N–H and O–H groups in total. The van der Waals surface area contributed by atoms with E-state index in [4.69, 9.17) is 18.9 Å². The van der Waals surface area contributed by atoms with Crippen molar-refractivity contribution in [3.05, 3.63) is 23.8 Å². The van der Waals surface area contributed by atoms with Crippen LogP contribution in [0.5, 0.6) is 11.5 Å². The van der Waals surface area contributed by atoms with Crippen LogP contribution in [-0.4, -0.2) is 62.5 Å². The minimum absolute atomic E-state index is 0.0365. The highest BCUT2D eigenvalue weighted by molar-refractivity contribution is 5.98. The van der Waals surface area contributed by atoms with Crippen LogP contribution in [0.3, 0.4) is 0 Å². The monoisotopic (exact) mass is 319 g/mol. The molecule has 0 spiro atoms. The fourth-order valence-corrected chi connectivity index (χ4v) is 3.85. The van der Waals surface area contributed by atoms with E-state index in [0.29, 0.717) is 43.4 Å². The molecule has 0 radical (unpaired) electrons. The van der Waals surface area contributed by atoms with Crippen LogP contribution in [0.25, 0.3) is 0 Å². The van der Waals surface area contributed by atoms with Gasteiger partial charge < -0.3 is 23.8 Å². The Morgan fingerprint density at radius 1 is 1.22 bits per heavy atom. The fourth-order valence-electron chi connectivity index (χ4n) is 3.85. The van der Waals surface area contributed by atoms with Gasteiger partial charge in [-0.1, -0.05) is 6.07 Å². The van der Waals surface area contributed by atoms with E-state index < -0.39 is 0 Å². The summed E-state index contributed by atoms with van der Waals surface area (Å²) in [6, 6.07) is 5.52. The quantitative estimate of drug-likeness (QED) is 0.826. The second-order valence-corrected chi connectivity index (χ2v) is 6.08. The molecule has 1 saturated heterocycles. The Bertz CT molecular complexity index is 605. The third-order valence-electron chi connectivity index (χ3n) is 4.89. The molecule has 1 saturated carbocycles. The summed E-state index contributed by atoms with van der Waals surface area (Å²) in [5, 5.41) is 0. The van der Waals surface area contributed by atoms with Crippen molar-refractivity contribution in [3.63, 3.8) is 0 Å². The maximum atomic E-state index is 13.2. The maximum absolute atomic E-state index is 13.2. The normalized spacial score (nSPS) is 29.3. The maximum Gasteiger partial charge on any atom is 0.258 e. The first-order valence-corrected chi connectivity index (χ1v) is 8.13. The molecule has 2 bridgehead atoms. The van der Waals surface area contributed by atoms with Crippen LogP contribution in [0.1, 0.15) is 23.2 Å². The van der Waals surface area contributed by atoms with Gasteiger partial charge in [0.15, 0.2) is 11.5 Å². The Kier molecular flexibility index (Phi) is 3.87. The zero-order valence-corrected chi connectivity index (χ0v) is 13.2. The van der Waals surface area contributed by atoms with Gasteiger partial charge in [0.05, 0.1) is 24.3 Å². The van der Waals surface area contributed by atoms with Gasteiger partial charge in [0.1, 0.15) is 19.3 Å². The minimum atomic E-state index is -0.0573. The largest absolute Gasteiger partial charge is 0.486 e.